The molecule has 5 rings (SSSR count). The molecule has 0 bridgehead atoms. The van der Waals surface area contributed by atoms with Crippen LogP contribution in [0.3, 0.4) is 0 Å². The average Bonchev–Trinajstić information content (AvgIpc) is 3.45. The average molecular weight is 538 g/mol. The van der Waals surface area contributed by atoms with Crippen LogP contribution >= 0.6 is 0 Å². The summed E-state index contributed by atoms with van der Waals surface area (Å²) >= 11 is 0. The van der Waals surface area contributed by atoms with Gasteiger partial charge in [0.15, 0.2) is 5.82 Å². The number of benzene rings is 2. The molecule has 10 heteroatoms. The maximum Gasteiger partial charge on any atom is 0.416 e. The maximum atomic E-state index is 13.0. The first-order valence-electron chi connectivity index (χ1n) is 13.1. The van der Waals surface area contributed by atoms with E-state index in [1.807, 2.05) is 36.4 Å². The van der Waals surface area contributed by atoms with Gasteiger partial charge in [0, 0.05) is 38.1 Å². The largest absolute Gasteiger partial charge is 0.416 e. The Hall–Kier alpha value is -3.95. The number of hydrogen-bond donors (Lipinski definition) is 1. The summed E-state index contributed by atoms with van der Waals surface area (Å²) in [5, 5.41) is 11.0. The van der Waals surface area contributed by atoms with Crippen LogP contribution in [0.2, 0.25) is 0 Å². The molecule has 0 unspecified atom stereocenters. The Morgan fingerprint density at radius 1 is 0.949 bits per heavy atom. The van der Waals surface area contributed by atoms with E-state index >= 15 is 0 Å². The highest BCUT2D eigenvalue weighted by atomic mass is 19.4. The van der Waals surface area contributed by atoms with Crippen molar-refractivity contribution in [2.45, 2.75) is 37.8 Å². The Morgan fingerprint density at radius 2 is 1.72 bits per heavy atom. The van der Waals surface area contributed by atoms with Gasteiger partial charge in [-0.1, -0.05) is 30.3 Å². The second-order valence-electron chi connectivity index (χ2n) is 10.2. The van der Waals surface area contributed by atoms with Crippen molar-refractivity contribution >= 4 is 23.3 Å². The van der Waals surface area contributed by atoms with E-state index < -0.39 is 11.7 Å². The zero-order valence-electron chi connectivity index (χ0n) is 21.4. The number of amides is 2. The van der Waals surface area contributed by atoms with Crippen molar-refractivity contribution in [2.24, 2.45) is 5.92 Å². The third kappa shape index (κ3) is 6.55. The molecule has 2 aliphatic heterocycles. The molecule has 0 aliphatic carbocycles. The van der Waals surface area contributed by atoms with E-state index in [4.69, 9.17) is 0 Å². The third-order valence-electron chi connectivity index (χ3n) is 7.55. The number of alkyl halides is 3. The molecule has 2 saturated heterocycles. The van der Waals surface area contributed by atoms with Gasteiger partial charge in [0.2, 0.25) is 11.8 Å². The van der Waals surface area contributed by atoms with Crippen molar-refractivity contribution in [3.8, 4) is 0 Å². The van der Waals surface area contributed by atoms with Gasteiger partial charge in [0.1, 0.15) is 0 Å². The van der Waals surface area contributed by atoms with Gasteiger partial charge in [-0.25, -0.2) is 0 Å². The lowest BCUT2D eigenvalue weighted by molar-refractivity contribution is -0.138. The SMILES string of the molecule is O=C(Nc1ccc(C2CCN(C(=O)Cc3cccc(C(F)(F)F)c3)CC2)cc1)[C@H]1CCN(c2cccnn2)C1. The number of aromatic nitrogens is 2. The van der Waals surface area contributed by atoms with Gasteiger partial charge in [0.05, 0.1) is 17.9 Å². The minimum Gasteiger partial charge on any atom is -0.354 e. The van der Waals surface area contributed by atoms with Crippen molar-refractivity contribution < 1.29 is 22.8 Å². The maximum absolute atomic E-state index is 13.0. The van der Waals surface area contributed by atoms with E-state index in [9.17, 15) is 22.8 Å². The van der Waals surface area contributed by atoms with Crippen LogP contribution in [0.5, 0.6) is 0 Å². The number of nitrogens with zero attached hydrogens (tertiary/aromatic N) is 4. The van der Waals surface area contributed by atoms with Gasteiger partial charge < -0.3 is 15.1 Å². The molecule has 0 spiro atoms. The number of halogens is 3. The van der Waals surface area contributed by atoms with Crippen LogP contribution < -0.4 is 10.2 Å². The van der Waals surface area contributed by atoms with Crippen molar-refractivity contribution in [2.75, 3.05) is 36.4 Å². The van der Waals surface area contributed by atoms with Crippen LogP contribution in [0, 0.1) is 5.92 Å². The molecule has 1 atom stereocenters. The minimum atomic E-state index is -4.43. The molecule has 7 nitrogen and oxygen atoms in total. The Morgan fingerprint density at radius 3 is 2.41 bits per heavy atom. The number of carbonyl (C=O) groups excluding carboxylic acids is 2. The first-order chi connectivity index (χ1) is 18.8. The Bertz CT molecular complexity index is 1290. The van der Waals surface area contributed by atoms with E-state index in [0.717, 1.165) is 55.0 Å². The third-order valence-corrected chi connectivity index (χ3v) is 7.55. The number of nitrogens with one attached hydrogen (secondary N) is 1. The summed E-state index contributed by atoms with van der Waals surface area (Å²) in [4.78, 5) is 29.3. The van der Waals surface area contributed by atoms with E-state index in [1.165, 1.54) is 6.07 Å². The van der Waals surface area contributed by atoms with Gasteiger partial charge in [0.25, 0.3) is 0 Å². The first kappa shape index (κ1) is 26.6. The predicted molar refractivity (Wildman–Crippen MR) is 141 cm³/mol. The highest BCUT2D eigenvalue weighted by molar-refractivity contribution is 5.93. The fourth-order valence-corrected chi connectivity index (χ4v) is 5.33. The monoisotopic (exact) mass is 537 g/mol. The minimum absolute atomic E-state index is 0.0123. The predicted octanol–water partition coefficient (Wildman–Crippen LogP) is 4.91. The summed E-state index contributed by atoms with van der Waals surface area (Å²) in [5.41, 5.74) is 1.52. The summed E-state index contributed by atoms with van der Waals surface area (Å²) in [6.45, 7) is 2.49. The number of rotatable bonds is 6. The summed E-state index contributed by atoms with van der Waals surface area (Å²) in [7, 11) is 0. The quantitative estimate of drug-likeness (QED) is 0.484. The zero-order valence-corrected chi connectivity index (χ0v) is 21.4. The normalized spacial score (nSPS) is 18.3. The standard InChI is InChI=1S/C29H30F3N5O2/c30-29(31,32)24-4-1-3-20(17-24)18-27(38)36-14-10-22(11-15-36)21-6-8-25(9-7-21)34-28(39)23-12-16-37(19-23)26-5-2-13-33-35-26/h1-9,13,17,22-23H,10-12,14-16,18-19H2,(H,34,39)/t23-/m0/s1. The summed E-state index contributed by atoms with van der Waals surface area (Å²) < 4.78 is 38.9. The number of piperidine rings is 1. The van der Waals surface area contributed by atoms with Crippen LogP contribution in [-0.4, -0.2) is 53.1 Å². The van der Waals surface area contributed by atoms with Crippen molar-refractivity contribution in [3.63, 3.8) is 0 Å². The van der Waals surface area contributed by atoms with Crippen LogP contribution in [0.25, 0.3) is 0 Å². The van der Waals surface area contributed by atoms with Crippen molar-refractivity contribution in [1.29, 1.82) is 0 Å². The summed E-state index contributed by atoms with van der Waals surface area (Å²) in [5.74, 6) is 0.769. The molecule has 1 aromatic heterocycles. The molecule has 2 aliphatic rings. The lowest BCUT2D eigenvalue weighted by Gasteiger charge is -2.32. The summed E-state index contributed by atoms with van der Waals surface area (Å²) in [6.07, 6.45) is -0.529. The number of likely N-dealkylation sites (tertiary alicyclic amines) is 1. The van der Waals surface area contributed by atoms with E-state index in [1.54, 1.807) is 17.2 Å². The van der Waals surface area contributed by atoms with Gasteiger partial charge in [-0.15, -0.1) is 5.10 Å². The Labute approximate surface area is 225 Å². The smallest absolute Gasteiger partial charge is 0.354 e. The van der Waals surface area contributed by atoms with Gasteiger partial charge in [-0.3, -0.25) is 9.59 Å². The molecule has 0 radical (unpaired) electrons. The second kappa shape index (κ2) is 11.4. The highest BCUT2D eigenvalue weighted by Crippen LogP contribution is 2.31. The Balaban J connectivity index is 1.09. The molecule has 2 aromatic carbocycles. The lowest BCUT2D eigenvalue weighted by atomic mass is 9.89. The molecular weight excluding hydrogens is 507 g/mol. The molecule has 2 fully saturated rings. The van der Waals surface area contributed by atoms with Gasteiger partial charge >= 0.3 is 6.18 Å². The second-order valence-corrected chi connectivity index (χ2v) is 10.2. The van der Waals surface area contributed by atoms with Crippen LogP contribution in [-0.2, 0) is 22.2 Å². The number of hydrogen-bond acceptors (Lipinski definition) is 5. The van der Waals surface area contributed by atoms with Crippen LogP contribution in [0.1, 0.15) is 41.9 Å². The number of anilines is 2. The molecule has 0 saturated carbocycles. The van der Waals surface area contributed by atoms with Crippen LogP contribution in [0.15, 0.2) is 66.9 Å². The Kier molecular flexibility index (Phi) is 7.81. The molecule has 3 heterocycles. The molecule has 39 heavy (non-hydrogen) atoms. The van der Waals surface area contributed by atoms with E-state index in [2.05, 4.69) is 20.4 Å². The van der Waals surface area contributed by atoms with Gasteiger partial charge in [-0.2, -0.15) is 18.3 Å². The van der Waals surface area contributed by atoms with Gasteiger partial charge in [-0.05, 0) is 66.6 Å². The molecular formula is C29H30F3N5O2. The van der Waals surface area contributed by atoms with E-state index in [0.29, 0.717) is 25.2 Å². The fraction of sp³-hybridized carbons (Fsp3) is 0.379. The number of carbonyl (C=O) groups is 2. The lowest BCUT2D eigenvalue weighted by Crippen LogP contribution is -2.38. The zero-order chi connectivity index (χ0) is 27.4. The molecule has 204 valence electrons. The topological polar surface area (TPSA) is 78.4 Å². The summed E-state index contributed by atoms with van der Waals surface area (Å²) in [6, 6.07) is 16.5. The van der Waals surface area contributed by atoms with Crippen molar-refractivity contribution in [1.82, 2.24) is 15.1 Å². The highest BCUT2D eigenvalue weighted by Gasteiger charge is 2.31. The van der Waals surface area contributed by atoms with Crippen LogP contribution in [0.4, 0.5) is 24.7 Å². The van der Waals surface area contributed by atoms with E-state index in [-0.39, 0.29) is 30.1 Å². The molecule has 2 amide bonds. The molecule has 3 aromatic rings. The first-order valence-corrected chi connectivity index (χ1v) is 13.1. The molecule has 1 N–H and O–H groups in total. The van der Waals surface area contributed by atoms with Crippen molar-refractivity contribution in [3.05, 3.63) is 83.6 Å². The fourth-order valence-electron chi connectivity index (χ4n) is 5.33.